The molecule has 98 valence electrons. The minimum absolute atomic E-state index is 0.0823. The van der Waals surface area contributed by atoms with Crippen LogP contribution in [0.1, 0.15) is 43.6 Å². The van der Waals surface area contributed by atoms with Crippen molar-refractivity contribution in [1.82, 2.24) is 0 Å². The molecule has 2 fully saturated rings. The summed E-state index contributed by atoms with van der Waals surface area (Å²) in [5.74, 6) is 0.688. The highest BCUT2D eigenvalue weighted by atomic mass is 19.1. The van der Waals surface area contributed by atoms with Gasteiger partial charge in [0.15, 0.2) is 0 Å². The van der Waals surface area contributed by atoms with E-state index < -0.39 is 0 Å². The van der Waals surface area contributed by atoms with Crippen LogP contribution < -0.4 is 11.5 Å². The van der Waals surface area contributed by atoms with Crippen molar-refractivity contribution in [3.63, 3.8) is 0 Å². The van der Waals surface area contributed by atoms with E-state index in [-0.39, 0.29) is 11.4 Å². The van der Waals surface area contributed by atoms with E-state index in [1.165, 1.54) is 0 Å². The molecule has 0 radical (unpaired) electrons. The summed E-state index contributed by atoms with van der Waals surface area (Å²) in [5.41, 5.74) is 13.2. The molecule has 0 heterocycles. The number of benzene rings is 1. The molecule has 2 atom stereocenters. The predicted octanol–water partition coefficient (Wildman–Crippen LogP) is 2.53. The first-order valence-corrected chi connectivity index (χ1v) is 6.89. The van der Waals surface area contributed by atoms with Gasteiger partial charge in [0.1, 0.15) is 5.82 Å². The molecule has 3 rings (SSSR count). The molecule has 2 aliphatic rings. The molecule has 1 aromatic rings. The van der Waals surface area contributed by atoms with Crippen molar-refractivity contribution < 1.29 is 4.39 Å². The number of rotatable bonds is 2. The van der Waals surface area contributed by atoms with Crippen molar-refractivity contribution in [2.75, 3.05) is 0 Å². The fraction of sp³-hybridized carbons (Fsp3) is 0.600. The number of nitrogens with two attached hydrogens (primary N) is 2. The monoisotopic (exact) mass is 248 g/mol. The van der Waals surface area contributed by atoms with Gasteiger partial charge in [-0.25, -0.2) is 4.39 Å². The van der Waals surface area contributed by atoms with Gasteiger partial charge in [-0.05, 0) is 55.6 Å². The van der Waals surface area contributed by atoms with Crippen molar-refractivity contribution >= 4 is 0 Å². The van der Waals surface area contributed by atoms with Crippen LogP contribution in [-0.2, 0) is 0 Å². The Morgan fingerprint density at radius 2 is 1.83 bits per heavy atom. The Kier molecular flexibility index (Phi) is 2.91. The average Bonchev–Trinajstić information content (AvgIpc) is 3.15. The minimum atomic E-state index is -0.108. The molecule has 2 unspecified atom stereocenters. The lowest BCUT2D eigenvalue weighted by Crippen LogP contribution is -2.48. The van der Waals surface area contributed by atoms with E-state index >= 15 is 0 Å². The standard InChI is InChI=1S/C15H21FN2/c16-14-4-2-1-3-11(14)12-9-13(12)15(18)7-5-10(17)6-8-15/h1-4,10,12-13H,5-9,17-18H2. The van der Waals surface area contributed by atoms with Crippen LogP contribution in [0, 0.1) is 11.7 Å². The topological polar surface area (TPSA) is 52.0 Å². The summed E-state index contributed by atoms with van der Waals surface area (Å²) < 4.78 is 13.7. The summed E-state index contributed by atoms with van der Waals surface area (Å²) in [6, 6.07) is 7.41. The SMILES string of the molecule is NC1CCC(N)(C2CC2c2ccccc2F)CC1. The Bertz CT molecular complexity index is 438. The highest BCUT2D eigenvalue weighted by Gasteiger charge is 2.52. The predicted molar refractivity (Wildman–Crippen MR) is 70.6 cm³/mol. The molecule has 4 N–H and O–H groups in total. The quantitative estimate of drug-likeness (QED) is 0.845. The van der Waals surface area contributed by atoms with Gasteiger partial charge in [-0.3, -0.25) is 0 Å². The first-order chi connectivity index (χ1) is 8.60. The molecular weight excluding hydrogens is 227 g/mol. The lowest BCUT2D eigenvalue weighted by molar-refractivity contribution is 0.238. The summed E-state index contributed by atoms with van der Waals surface area (Å²) >= 11 is 0. The molecule has 0 bridgehead atoms. The highest BCUT2D eigenvalue weighted by Crippen LogP contribution is 2.56. The second-order valence-electron chi connectivity index (χ2n) is 6.04. The van der Waals surface area contributed by atoms with Crippen molar-refractivity contribution in [1.29, 1.82) is 0 Å². The third-order valence-corrected chi connectivity index (χ3v) is 4.79. The van der Waals surface area contributed by atoms with Crippen molar-refractivity contribution in [2.45, 2.75) is 49.6 Å². The van der Waals surface area contributed by atoms with Gasteiger partial charge in [-0.1, -0.05) is 18.2 Å². The Morgan fingerprint density at radius 1 is 1.17 bits per heavy atom. The van der Waals surface area contributed by atoms with E-state index in [0.717, 1.165) is 37.7 Å². The van der Waals surface area contributed by atoms with Gasteiger partial charge in [0.05, 0.1) is 0 Å². The first-order valence-electron chi connectivity index (χ1n) is 6.89. The van der Waals surface area contributed by atoms with Gasteiger partial charge in [-0.15, -0.1) is 0 Å². The fourth-order valence-corrected chi connectivity index (χ4v) is 3.50. The molecule has 3 heteroatoms. The van der Waals surface area contributed by atoms with Gasteiger partial charge < -0.3 is 11.5 Å². The summed E-state index contributed by atoms with van der Waals surface area (Å²) in [5, 5.41) is 0. The Labute approximate surface area is 108 Å². The molecule has 0 spiro atoms. The Balaban J connectivity index is 1.72. The smallest absolute Gasteiger partial charge is 0.126 e. The lowest BCUT2D eigenvalue weighted by atomic mass is 9.76. The zero-order valence-electron chi connectivity index (χ0n) is 10.6. The molecule has 0 aliphatic heterocycles. The van der Waals surface area contributed by atoms with E-state index in [9.17, 15) is 4.39 Å². The zero-order valence-corrected chi connectivity index (χ0v) is 10.6. The average molecular weight is 248 g/mol. The van der Waals surface area contributed by atoms with Crippen LogP contribution in [0.3, 0.4) is 0 Å². The van der Waals surface area contributed by atoms with Crippen LogP contribution in [0.4, 0.5) is 4.39 Å². The number of halogens is 1. The van der Waals surface area contributed by atoms with E-state index in [1.807, 2.05) is 12.1 Å². The molecule has 2 saturated carbocycles. The van der Waals surface area contributed by atoms with Gasteiger partial charge >= 0.3 is 0 Å². The van der Waals surface area contributed by atoms with Crippen LogP contribution in [0.25, 0.3) is 0 Å². The molecule has 2 nitrogen and oxygen atoms in total. The van der Waals surface area contributed by atoms with E-state index in [2.05, 4.69) is 0 Å². The van der Waals surface area contributed by atoms with Gasteiger partial charge in [0.2, 0.25) is 0 Å². The van der Waals surface area contributed by atoms with Crippen molar-refractivity contribution in [3.05, 3.63) is 35.6 Å². The van der Waals surface area contributed by atoms with Crippen molar-refractivity contribution in [3.8, 4) is 0 Å². The summed E-state index contributed by atoms with van der Waals surface area (Å²) in [4.78, 5) is 0. The fourth-order valence-electron chi connectivity index (χ4n) is 3.50. The first kappa shape index (κ1) is 12.1. The molecule has 0 saturated heterocycles. The maximum atomic E-state index is 13.7. The van der Waals surface area contributed by atoms with Crippen LogP contribution in [-0.4, -0.2) is 11.6 Å². The molecule has 0 amide bonds. The lowest BCUT2D eigenvalue weighted by Gasteiger charge is -2.36. The summed E-state index contributed by atoms with van der Waals surface area (Å²) in [6.45, 7) is 0. The van der Waals surface area contributed by atoms with Crippen LogP contribution in [0.5, 0.6) is 0 Å². The van der Waals surface area contributed by atoms with Gasteiger partial charge in [-0.2, -0.15) is 0 Å². The maximum Gasteiger partial charge on any atom is 0.126 e. The Hall–Kier alpha value is -0.930. The van der Waals surface area contributed by atoms with E-state index in [0.29, 0.717) is 17.9 Å². The minimum Gasteiger partial charge on any atom is -0.328 e. The molecular formula is C15H21FN2. The Morgan fingerprint density at radius 3 is 2.50 bits per heavy atom. The summed E-state index contributed by atoms with van der Waals surface area (Å²) in [7, 11) is 0. The van der Waals surface area contributed by atoms with E-state index in [1.54, 1.807) is 12.1 Å². The second kappa shape index (κ2) is 4.32. The molecule has 1 aromatic carbocycles. The third kappa shape index (κ3) is 2.06. The van der Waals surface area contributed by atoms with E-state index in [4.69, 9.17) is 11.5 Å². The highest BCUT2D eigenvalue weighted by molar-refractivity contribution is 5.30. The number of hydrogen-bond donors (Lipinski definition) is 2. The largest absolute Gasteiger partial charge is 0.328 e. The zero-order chi connectivity index (χ0) is 12.8. The van der Waals surface area contributed by atoms with Gasteiger partial charge in [0.25, 0.3) is 0 Å². The van der Waals surface area contributed by atoms with Crippen LogP contribution >= 0.6 is 0 Å². The van der Waals surface area contributed by atoms with Gasteiger partial charge in [0, 0.05) is 11.6 Å². The second-order valence-corrected chi connectivity index (χ2v) is 6.04. The molecule has 0 aromatic heterocycles. The molecule has 2 aliphatic carbocycles. The maximum absolute atomic E-state index is 13.7. The number of hydrogen-bond acceptors (Lipinski definition) is 2. The third-order valence-electron chi connectivity index (χ3n) is 4.79. The molecule has 18 heavy (non-hydrogen) atoms. The van der Waals surface area contributed by atoms with Crippen molar-refractivity contribution in [2.24, 2.45) is 17.4 Å². The summed E-state index contributed by atoms with van der Waals surface area (Å²) in [6.07, 6.45) is 5.04. The van der Waals surface area contributed by atoms with Crippen LogP contribution in [0.2, 0.25) is 0 Å². The normalized spacial score (nSPS) is 39.6. The van der Waals surface area contributed by atoms with Crippen LogP contribution in [0.15, 0.2) is 24.3 Å².